The number of amides is 1. The molecule has 144 valence electrons. The van der Waals surface area contributed by atoms with Crippen molar-refractivity contribution < 1.29 is 19.0 Å². The van der Waals surface area contributed by atoms with Gasteiger partial charge in [-0.2, -0.15) is 5.10 Å². The van der Waals surface area contributed by atoms with E-state index in [4.69, 9.17) is 25.8 Å². The maximum Gasteiger partial charge on any atom is 0.244 e. The molecule has 0 radical (unpaired) electrons. The Hall–Kier alpha value is -2.25. The number of halogens is 2. The van der Waals surface area contributed by atoms with E-state index in [-0.39, 0.29) is 12.3 Å². The average molecular weight is 456 g/mol. The maximum absolute atomic E-state index is 12.1. The van der Waals surface area contributed by atoms with Gasteiger partial charge in [0.2, 0.25) is 5.91 Å². The van der Waals surface area contributed by atoms with Crippen LogP contribution in [0, 0.1) is 0 Å². The number of hydrazone groups is 1. The number of hydrogen-bond donors (Lipinski definition) is 1. The van der Waals surface area contributed by atoms with Gasteiger partial charge in [-0.3, -0.25) is 4.79 Å². The summed E-state index contributed by atoms with van der Waals surface area (Å²) >= 11 is 9.55. The second-order valence-electron chi connectivity index (χ2n) is 5.39. The zero-order valence-corrected chi connectivity index (χ0v) is 17.6. The van der Waals surface area contributed by atoms with E-state index in [1.807, 2.05) is 13.0 Å². The van der Waals surface area contributed by atoms with Crippen molar-refractivity contribution in [3.8, 4) is 17.2 Å². The second kappa shape index (κ2) is 10.2. The summed E-state index contributed by atoms with van der Waals surface area (Å²) in [6.45, 7) is 2.39. The van der Waals surface area contributed by atoms with Crippen LogP contribution in [0.4, 0.5) is 0 Å². The molecule has 2 rings (SSSR count). The van der Waals surface area contributed by atoms with E-state index >= 15 is 0 Å². The number of methoxy groups -OCH3 is 2. The second-order valence-corrected chi connectivity index (χ2v) is 6.66. The maximum atomic E-state index is 12.1. The van der Waals surface area contributed by atoms with Gasteiger partial charge < -0.3 is 14.2 Å². The fourth-order valence-electron chi connectivity index (χ4n) is 2.33. The van der Waals surface area contributed by atoms with Gasteiger partial charge >= 0.3 is 0 Å². The summed E-state index contributed by atoms with van der Waals surface area (Å²) in [7, 11) is 3.13. The van der Waals surface area contributed by atoms with E-state index in [1.54, 1.807) is 38.5 Å². The lowest BCUT2D eigenvalue weighted by Crippen LogP contribution is -2.20. The van der Waals surface area contributed by atoms with Crippen molar-refractivity contribution in [2.24, 2.45) is 5.10 Å². The van der Waals surface area contributed by atoms with E-state index in [2.05, 4.69) is 26.5 Å². The number of carbonyl (C=O) groups is 1. The van der Waals surface area contributed by atoms with Gasteiger partial charge in [0.25, 0.3) is 0 Å². The van der Waals surface area contributed by atoms with E-state index in [0.717, 1.165) is 10.0 Å². The summed E-state index contributed by atoms with van der Waals surface area (Å²) in [6.07, 6.45) is 1.61. The third-order valence-corrected chi connectivity index (χ3v) is 4.50. The molecule has 0 saturated heterocycles. The predicted molar refractivity (Wildman–Crippen MR) is 109 cm³/mol. The summed E-state index contributed by atoms with van der Waals surface area (Å²) in [5.41, 5.74) is 3.89. The first-order chi connectivity index (χ1) is 13.0. The Labute approximate surface area is 171 Å². The first-order valence-corrected chi connectivity index (χ1v) is 9.30. The summed E-state index contributed by atoms with van der Waals surface area (Å²) in [6, 6.07) is 8.74. The average Bonchev–Trinajstić information content (AvgIpc) is 2.64. The van der Waals surface area contributed by atoms with Crippen LogP contribution in [-0.2, 0) is 11.2 Å². The van der Waals surface area contributed by atoms with E-state index in [0.29, 0.717) is 34.4 Å². The molecule has 0 aliphatic carbocycles. The highest BCUT2D eigenvalue weighted by atomic mass is 79.9. The number of ether oxygens (including phenoxy) is 3. The minimum absolute atomic E-state index is 0.0872. The Morgan fingerprint density at radius 3 is 2.70 bits per heavy atom. The third kappa shape index (κ3) is 5.87. The molecule has 2 aromatic carbocycles. The number of nitrogens with zero attached hydrogens (tertiary/aromatic N) is 1. The molecule has 0 unspecified atom stereocenters. The number of benzene rings is 2. The minimum atomic E-state index is -0.293. The van der Waals surface area contributed by atoms with Crippen LogP contribution in [0.15, 0.2) is 39.9 Å². The van der Waals surface area contributed by atoms with Crippen molar-refractivity contribution in [1.29, 1.82) is 0 Å². The van der Waals surface area contributed by atoms with Gasteiger partial charge in [0.15, 0.2) is 11.5 Å². The highest BCUT2D eigenvalue weighted by molar-refractivity contribution is 9.10. The van der Waals surface area contributed by atoms with Crippen molar-refractivity contribution in [3.05, 3.63) is 51.0 Å². The lowest BCUT2D eigenvalue weighted by atomic mass is 10.1. The molecule has 0 bridgehead atoms. The Bertz CT molecular complexity index is 843. The Kier molecular flexibility index (Phi) is 7.94. The van der Waals surface area contributed by atoms with Crippen molar-refractivity contribution in [3.63, 3.8) is 0 Å². The highest BCUT2D eigenvalue weighted by Crippen LogP contribution is 2.36. The summed E-state index contributed by atoms with van der Waals surface area (Å²) in [4.78, 5) is 12.1. The van der Waals surface area contributed by atoms with Crippen molar-refractivity contribution in [2.45, 2.75) is 13.3 Å². The van der Waals surface area contributed by atoms with E-state index < -0.39 is 0 Å². The van der Waals surface area contributed by atoms with Crippen LogP contribution in [0.2, 0.25) is 5.02 Å². The van der Waals surface area contributed by atoms with E-state index in [1.165, 1.54) is 6.21 Å². The van der Waals surface area contributed by atoms with Crippen molar-refractivity contribution in [2.75, 3.05) is 20.8 Å². The molecule has 0 fully saturated rings. The molecule has 0 aliphatic rings. The lowest BCUT2D eigenvalue weighted by molar-refractivity contribution is -0.120. The summed E-state index contributed by atoms with van der Waals surface area (Å²) in [5, 5.41) is 4.49. The lowest BCUT2D eigenvalue weighted by Gasteiger charge is -2.11. The molecule has 1 N–H and O–H groups in total. The zero-order valence-electron chi connectivity index (χ0n) is 15.2. The molecule has 6 nitrogen and oxygen atoms in total. The molecule has 8 heteroatoms. The van der Waals surface area contributed by atoms with Crippen LogP contribution < -0.4 is 19.6 Å². The molecule has 0 atom stereocenters. The van der Waals surface area contributed by atoms with Crippen molar-refractivity contribution >= 4 is 39.7 Å². The zero-order chi connectivity index (χ0) is 19.8. The molecule has 0 saturated carbocycles. The Morgan fingerprint density at radius 1 is 1.26 bits per heavy atom. The number of nitrogens with one attached hydrogen (secondary N) is 1. The van der Waals surface area contributed by atoms with Crippen LogP contribution in [0.5, 0.6) is 17.2 Å². The van der Waals surface area contributed by atoms with Gasteiger partial charge in [-0.15, -0.1) is 0 Å². The summed E-state index contributed by atoms with van der Waals surface area (Å²) < 4.78 is 16.7. The molecule has 0 heterocycles. The molecular formula is C19H20BrClN2O4. The molecule has 0 spiro atoms. The van der Waals surface area contributed by atoms with Crippen LogP contribution >= 0.6 is 27.5 Å². The standard InChI is InChI=1S/C19H20BrClN2O4/c1-4-27-17-8-12(7-15(20)19(17)26-3)11-22-23-18(24)10-13-9-14(25-2)5-6-16(13)21/h5-9,11H,4,10H2,1-3H3,(H,23,24)/b22-11+. The van der Waals surface area contributed by atoms with Gasteiger partial charge in [-0.05, 0) is 64.3 Å². The van der Waals surface area contributed by atoms with Crippen LogP contribution in [0.25, 0.3) is 0 Å². The SMILES string of the molecule is CCOc1cc(/C=N/NC(=O)Cc2cc(OC)ccc2Cl)cc(Br)c1OC. The number of carbonyl (C=O) groups excluding carboxylic acids is 1. The van der Waals surface area contributed by atoms with Gasteiger partial charge in [-0.25, -0.2) is 5.43 Å². The van der Waals surface area contributed by atoms with E-state index in [9.17, 15) is 4.79 Å². The molecule has 2 aromatic rings. The molecule has 1 amide bonds. The normalized spacial score (nSPS) is 10.7. The van der Waals surface area contributed by atoms with Crippen LogP contribution in [0.3, 0.4) is 0 Å². The van der Waals surface area contributed by atoms with Gasteiger partial charge in [0.1, 0.15) is 5.75 Å². The quantitative estimate of drug-likeness (QED) is 0.478. The van der Waals surface area contributed by atoms with Crippen LogP contribution in [-0.4, -0.2) is 32.9 Å². The topological polar surface area (TPSA) is 69.2 Å². The van der Waals surface area contributed by atoms with Crippen molar-refractivity contribution in [1.82, 2.24) is 5.43 Å². The number of rotatable bonds is 8. The largest absolute Gasteiger partial charge is 0.497 e. The Morgan fingerprint density at radius 2 is 2.04 bits per heavy atom. The van der Waals surface area contributed by atoms with Gasteiger partial charge in [0, 0.05) is 5.02 Å². The highest BCUT2D eigenvalue weighted by Gasteiger charge is 2.11. The monoisotopic (exact) mass is 454 g/mol. The Balaban J connectivity index is 2.05. The predicted octanol–water partition coefficient (Wildman–Crippen LogP) is 4.21. The number of hydrogen-bond acceptors (Lipinski definition) is 5. The smallest absolute Gasteiger partial charge is 0.244 e. The minimum Gasteiger partial charge on any atom is -0.497 e. The van der Waals surface area contributed by atoms with Gasteiger partial charge in [0.05, 0.1) is 37.9 Å². The van der Waals surface area contributed by atoms with Gasteiger partial charge in [-0.1, -0.05) is 11.6 Å². The fourth-order valence-corrected chi connectivity index (χ4v) is 3.13. The molecule has 0 aliphatic heterocycles. The first-order valence-electron chi connectivity index (χ1n) is 8.13. The molecule has 0 aromatic heterocycles. The summed E-state index contributed by atoms with van der Waals surface area (Å²) in [5.74, 6) is 1.53. The fraction of sp³-hybridized carbons (Fsp3) is 0.263. The first kappa shape index (κ1) is 21.1. The third-order valence-electron chi connectivity index (χ3n) is 3.54. The molecular weight excluding hydrogens is 436 g/mol. The molecule has 27 heavy (non-hydrogen) atoms. The van der Waals surface area contributed by atoms with Crippen LogP contribution in [0.1, 0.15) is 18.1 Å².